The summed E-state index contributed by atoms with van der Waals surface area (Å²) in [5.74, 6) is 0. The van der Waals surface area contributed by atoms with E-state index in [-0.39, 0.29) is 0 Å². The van der Waals surface area contributed by atoms with E-state index in [4.69, 9.17) is 0 Å². The smallest absolute Gasteiger partial charge is 0.148 e. The van der Waals surface area contributed by atoms with Crippen molar-refractivity contribution < 1.29 is 0 Å². The molecule has 0 radical (unpaired) electrons. The van der Waals surface area contributed by atoms with E-state index in [0.717, 1.165) is 21.1 Å². The first-order chi connectivity index (χ1) is 10.3. The second-order valence-corrected chi connectivity index (χ2v) is 6.13. The number of benzene rings is 2. The molecule has 0 bridgehead atoms. The van der Waals surface area contributed by atoms with Gasteiger partial charge in [0.25, 0.3) is 0 Å². The van der Waals surface area contributed by atoms with Crippen LogP contribution < -0.4 is 0 Å². The molecule has 1 N–H and O–H groups in total. The number of aryl methyl sites for hydroxylation is 1. The van der Waals surface area contributed by atoms with E-state index >= 15 is 0 Å². The Morgan fingerprint density at radius 1 is 0.952 bits per heavy atom. The van der Waals surface area contributed by atoms with Crippen LogP contribution in [0.3, 0.4) is 0 Å². The number of nitrogens with zero attached hydrogens (tertiary/aromatic N) is 2. The van der Waals surface area contributed by atoms with Gasteiger partial charge in [-0.05, 0) is 41.6 Å². The van der Waals surface area contributed by atoms with Gasteiger partial charge in [0.1, 0.15) is 10.0 Å². The average Bonchev–Trinajstić information content (AvgIpc) is 3.15. The minimum atomic E-state index is 0.970. The largest absolute Gasteiger partial charge is 0.361 e. The van der Waals surface area contributed by atoms with Gasteiger partial charge in [0.15, 0.2) is 0 Å². The van der Waals surface area contributed by atoms with Gasteiger partial charge in [-0.25, -0.2) is 0 Å². The SMILES string of the molecule is Cc1nnc(-c2ccccc2-c2ccc3[nH]ccc3c2)s1. The van der Waals surface area contributed by atoms with Crippen LogP contribution in [0.2, 0.25) is 0 Å². The minimum Gasteiger partial charge on any atom is -0.361 e. The van der Waals surface area contributed by atoms with Crippen LogP contribution in [0.25, 0.3) is 32.6 Å². The van der Waals surface area contributed by atoms with Gasteiger partial charge in [-0.2, -0.15) is 0 Å². The normalized spacial score (nSPS) is 11.1. The molecule has 3 nitrogen and oxygen atoms in total. The Morgan fingerprint density at radius 3 is 2.62 bits per heavy atom. The molecule has 0 fully saturated rings. The van der Waals surface area contributed by atoms with E-state index in [2.05, 4.69) is 57.6 Å². The van der Waals surface area contributed by atoms with E-state index in [1.54, 1.807) is 11.3 Å². The molecule has 0 aliphatic rings. The molecule has 2 aromatic heterocycles. The molecule has 0 aliphatic carbocycles. The first-order valence-electron chi connectivity index (χ1n) is 6.78. The van der Waals surface area contributed by atoms with Crippen molar-refractivity contribution in [2.24, 2.45) is 0 Å². The van der Waals surface area contributed by atoms with Crippen LogP contribution in [0.15, 0.2) is 54.7 Å². The molecule has 0 saturated heterocycles. The Kier molecular flexibility index (Phi) is 2.82. The highest BCUT2D eigenvalue weighted by molar-refractivity contribution is 7.14. The van der Waals surface area contributed by atoms with E-state index in [1.807, 2.05) is 19.2 Å². The molecule has 0 unspecified atom stereocenters. The van der Waals surface area contributed by atoms with E-state index in [9.17, 15) is 0 Å². The molecular weight excluding hydrogens is 278 g/mol. The van der Waals surface area contributed by atoms with Gasteiger partial charge in [0, 0.05) is 17.3 Å². The predicted octanol–water partition coefficient (Wildman–Crippen LogP) is 4.66. The van der Waals surface area contributed by atoms with Gasteiger partial charge in [0.05, 0.1) is 0 Å². The molecular formula is C17H13N3S. The van der Waals surface area contributed by atoms with Gasteiger partial charge in [-0.3, -0.25) is 0 Å². The number of nitrogens with one attached hydrogen (secondary N) is 1. The number of aromatic nitrogens is 3. The fourth-order valence-electron chi connectivity index (χ4n) is 2.55. The second kappa shape index (κ2) is 4.82. The van der Waals surface area contributed by atoms with Crippen LogP contribution in [-0.4, -0.2) is 15.2 Å². The highest BCUT2D eigenvalue weighted by atomic mass is 32.1. The third-order valence-corrected chi connectivity index (χ3v) is 4.42. The molecule has 4 aromatic rings. The van der Waals surface area contributed by atoms with Gasteiger partial charge in [-0.15, -0.1) is 10.2 Å². The number of H-pyrrole nitrogens is 1. The molecule has 21 heavy (non-hydrogen) atoms. The van der Waals surface area contributed by atoms with Crippen molar-refractivity contribution in [2.45, 2.75) is 6.92 Å². The van der Waals surface area contributed by atoms with Gasteiger partial charge >= 0.3 is 0 Å². The van der Waals surface area contributed by atoms with Crippen molar-refractivity contribution in [1.29, 1.82) is 0 Å². The Bertz CT molecular complexity index is 920. The summed E-state index contributed by atoms with van der Waals surface area (Å²) in [4.78, 5) is 3.23. The zero-order valence-corrected chi connectivity index (χ0v) is 12.3. The zero-order valence-electron chi connectivity index (χ0n) is 11.5. The monoisotopic (exact) mass is 291 g/mol. The number of hydrogen-bond acceptors (Lipinski definition) is 3. The summed E-state index contributed by atoms with van der Waals surface area (Å²) in [5.41, 5.74) is 4.68. The fraction of sp³-hybridized carbons (Fsp3) is 0.0588. The standard InChI is InChI=1S/C17H13N3S/c1-11-19-20-17(21-11)15-5-3-2-4-14(15)12-6-7-16-13(10-12)8-9-18-16/h2-10,18H,1H3. The molecule has 0 amide bonds. The van der Waals surface area contributed by atoms with Crippen LogP contribution in [0.5, 0.6) is 0 Å². The molecule has 102 valence electrons. The lowest BCUT2D eigenvalue weighted by molar-refractivity contribution is 1.05. The molecule has 0 spiro atoms. The van der Waals surface area contributed by atoms with Crippen molar-refractivity contribution in [2.75, 3.05) is 0 Å². The predicted molar refractivity (Wildman–Crippen MR) is 87.4 cm³/mol. The van der Waals surface area contributed by atoms with E-state index in [1.165, 1.54) is 16.5 Å². The van der Waals surface area contributed by atoms with Crippen LogP contribution in [0.4, 0.5) is 0 Å². The molecule has 4 rings (SSSR count). The molecule has 0 atom stereocenters. The summed E-state index contributed by atoms with van der Waals surface area (Å²) in [6.07, 6.45) is 1.97. The average molecular weight is 291 g/mol. The van der Waals surface area contributed by atoms with Crippen LogP contribution >= 0.6 is 11.3 Å². The summed E-state index contributed by atoms with van der Waals surface area (Å²) < 4.78 is 0. The van der Waals surface area contributed by atoms with Crippen LogP contribution in [0, 0.1) is 6.92 Å². The Morgan fingerprint density at radius 2 is 1.81 bits per heavy atom. The highest BCUT2D eigenvalue weighted by Gasteiger charge is 2.11. The molecule has 0 saturated carbocycles. The molecule has 4 heteroatoms. The van der Waals surface area contributed by atoms with Gasteiger partial charge in [0.2, 0.25) is 0 Å². The topological polar surface area (TPSA) is 41.6 Å². The lowest BCUT2D eigenvalue weighted by Crippen LogP contribution is -1.84. The first kappa shape index (κ1) is 12.3. The molecule has 2 heterocycles. The summed E-state index contributed by atoms with van der Waals surface area (Å²) >= 11 is 1.63. The van der Waals surface area contributed by atoms with Gasteiger partial charge in [-0.1, -0.05) is 41.7 Å². The first-order valence-corrected chi connectivity index (χ1v) is 7.60. The number of fused-ring (bicyclic) bond motifs is 1. The van der Waals surface area contributed by atoms with E-state index in [0.29, 0.717) is 0 Å². The molecule has 0 aliphatic heterocycles. The lowest BCUT2D eigenvalue weighted by atomic mass is 9.99. The Hall–Kier alpha value is -2.46. The third kappa shape index (κ3) is 2.14. The maximum absolute atomic E-state index is 4.29. The summed E-state index contributed by atoms with van der Waals surface area (Å²) in [6, 6.07) is 16.9. The number of rotatable bonds is 2. The highest BCUT2D eigenvalue weighted by Crippen LogP contribution is 2.34. The maximum atomic E-state index is 4.29. The zero-order chi connectivity index (χ0) is 14.2. The number of hydrogen-bond donors (Lipinski definition) is 1. The van der Waals surface area contributed by atoms with Crippen molar-refractivity contribution in [3.05, 3.63) is 59.7 Å². The van der Waals surface area contributed by atoms with Crippen LogP contribution in [0.1, 0.15) is 5.01 Å². The maximum Gasteiger partial charge on any atom is 0.148 e. The second-order valence-electron chi connectivity index (χ2n) is 4.95. The van der Waals surface area contributed by atoms with Crippen molar-refractivity contribution in [3.63, 3.8) is 0 Å². The number of aromatic amines is 1. The Labute approximate surface area is 126 Å². The Balaban J connectivity index is 1.91. The molecule has 2 aromatic carbocycles. The third-order valence-electron chi connectivity index (χ3n) is 3.55. The van der Waals surface area contributed by atoms with E-state index < -0.39 is 0 Å². The van der Waals surface area contributed by atoms with Crippen molar-refractivity contribution in [1.82, 2.24) is 15.2 Å². The van der Waals surface area contributed by atoms with Gasteiger partial charge < -0.3 is 4.98 Å². The summed E-state index contributed by atoms with van der Waals surface area (Å²) in [6.45, 7) is 1.98. The quantitative estimate of drug-likeness (QED) is 0.583. The van der Waals surface area contributed by atoms with Crippen LogP contribution in [-0.2, 0) is 0 Å². The minimum absolute atomic E-state index is 0.970. The fourth-order valence-corrected chi connectivity index (χ4v) is 3.28. The van der Waals surface area contributed by atoms with Crippen molar-refractivity contribution in [3.8, 4) is 21.7 Å². The summed E-state index contributed by atoms with van der Waals surface area (Å²) in [5, 5.41) is 11.6. The van der Waals surface area contributed by atoms with Crippen molar-refractivity contribution >= 4 is 22.2 Å². The summed E-state index contributed by atoms with van der Waals surface area (Å²) in [7, 11) is 0. The lowest BCUT2D eigenvalue weighted by Gasteiger charge is -2.07.